The highest BCUT2D eigenvalue weighted by Crippen LogP contribution is 2.41. The minimum absolute atomic E-state index is 0.0790. The number of carboxylic acid groups (broad SMARTS) is 1. The number of halogens is 3. The Balaban J connectivity index is 2.26. The van der Waals surface area contributed by atoms with Gasteiger partial charge in [0.05, 0.1) is 5.56 Å². The fourth-order valence-corrected chi connectivity index (χ4v) is 2.46. The molecule has 0 aliphatic rings. The lowest BCUT2D eigenvalue weighted by Gasteiger charge is -2.11. The van der Waals surface area contributed by atoms with Gasteiger partial charge in [-0.05, 0) is 35.4 Å². The normalized spacial score (nSPS) is 11.7. The van der Waals surface area contributed by atoms with E-state index in [2.05, 4.69) is 0 Å². The zero-order chi connectivity index (χ0) is 18.4. The van der Waals surface area contributed by atoms with Gasteiger partial charge in [0.1, 0.15) is 11.3 Å². The first-order valence-corrected chi connectivity index (χ1v) is 7.07. The van der Waals surface area contributed by atoms with Gasteiger partial charge in [0, 0.05) is 18.5 Å². The maximum absolute atomic E-state index is 13.4. The van der Waals surface area contributed by atoms with Crippen LogP contribution in [0.3, 0.4) is 0 Å². The number of amides is 1. The Bertz CT molecular complexity index is 962. The van der Waals surface area contributed by atoms with E-state index in [1.165, 1.54) is 37.4 Å². The van der Waals surface area contributed by atoms with Crippen LogP contribution in [0, 0.1) is 0 Å². The molecule has 2 aromatic carbocycles. The summed E-state index contributed by atoms with van der Waals surface area (Å²) >= 11 is 0. The summed E-state index contributed by atoms with van der Waals surface area (Å²) < 4.78 is 45.4. The lowest BCUT2D eigenvalue weighted by molar-refractivity contribution is -0.136. The molecule has 0 radical (unpaired) electrons. The van der Waals surface area contributed by atoms with Crippen molar-refractivity contribution in [1.82, 2.24) is 0 Å². The van der Waals surface area contributed by atoms with E-state index >= 15 is 0 Å². The predicted octanol–water partition coefficient (Wildman–Crippen LogP) is 4.94. The first kappa shape index (κ1) is 16.7. The second kappa shape index (κ2) is 5.73. The third kappa shape index (κ3) is 3.10. The molecule has 0 aliphatic carbocycles. The number of hydrogen-bond donors (Lipinski definition) is 2. The van der Waals surface area contributed by atoms with E-state index in [0.717, 1.165) is 6.07 Å². The van der Waals surface area contributed by atoms with Gasteiger partial charge in [-0.1, -0.05) is 12.1 Å². The van der Waals surface area contributed by atoms with Crippen molar-refractivity contribution < 1.29 is 32.6 Å². The number of furan rings is 1. The van der Waals surface area contributed by atoms with Gasteiger partial charge in [0.25, 0.3) is 0 Å². The smallest absolute Gasteiger partial charge is 0.420 e. The molecule has 2 N–H and O–H groups in total. The minimum Gasteiger partial charge on any atom is -0.508 e. The standard InChI is InChI=1S/C17H12F3NO4/c1-21(16(23)24)14-8-11-5-10(9-3-2-4-12(22)6-9)7-13(15(11)25-14)17(18,19)20/h2-8,22H,1H3,(H,23,24). The van der Waals surface area contributed by atoms with Crippen LogP contribution in [-0.2, 0) is 6.18 Å². The number of benzene rings is 2. The average molecular weight is 351 g/mol. The molecule has 0 spiro atoms. The Hall–Kier alpha value is -3.16. The molecule has 0 unspecified atom stereocenters. The van der Waals surface area contributed by atoms with Crippen molar-refractivity contribution in [3.05, 3.63) is 48.0 Å². The van der Waals surface area contributed by atoms with E-state index in [4.69, 9.17) is 9.52 Å². The van der Waals surface area contributed by atoms with Crippen LogP contribution in [0.5, 0.6) is 5.75 Å². The second-order valence-electron chi connectivity index (χ2n) is 5.42. The molecule has 0 aliphatic heterocycles. The van der Waals surface area contributed by atoms with Crippen LogP contribution in [0.2, 0.25) is 0 Å². The summed E-state index contributed by atoms with van der Waals surface area (Å²) in [7, 11) is 1.17. The van der Waals surface area contributed by atoms with Crippen molar-refractivity contribution in [3.8, 4) is 16.9 Å². The first-order chi connectivity index (χ1) is 11.7. The molecule has 0 saturated carbocycles. The number of phenols is 1. The van der Waals surface area contributed by atoms with Crippen molar-refractivity contribution >= 4 is 22.9 Å². The largest absolute Gasteiger partial charge is 0.508 e. The van der Waals surface area contributed by atoms with Gasteiger partial charge in [-0.2, -0.15) is 13.2 Å². The van der Waals surface area contributed by atoms with E-state index in [1.54, 1.807) is 6.07 Å². The molecule has 0 fully saturated rings. The van der Waals surface area contributed by atoms with Crippen molar-refractivity contribution in [2.45, 2.75) is 6.18 Å². The van der Waals surface area contributed by atoms with Crippen LogP contribution < -0.4 is 4.90 Å². The van der Waals surface area contributed by atoms with E-state index < -0.39 is 23.4 Å². The number of nitrogens with zero attached hydrogens (tertiary/aromatic N) is 1. The van der Waals surface area contributed by atoms with Crippen molar-refractivity contribution in [2.75, 3.05) is 11.9 Å². The lowest BCUT2D eigenvalue weighted by Crippen LogP contribution is -2.22. The summed E-state index contributed by atoms with van der Waals surface area (Å²) in [5.74, 6) is -0.300. The fraction of sp³-hybridized carbons (Fsp3) is 0.118. The fourth-order valence-electron chi connectivity index (χ4n) is 2.46. The summed E-state index contributed by atoms with van der Waals surface area (Å²) in [4.78, 5) is 11.7. The Morgan fingerprint density at radius 1 is 1.12 bits per heavy atom. The highest BCUT2D eigenvalue weighted by Gasteiger charge is 2.35. The third-order valence-corrected chi connectivity index (χ3v) is 3.71. The van der Waals surface area contributed by atoms with Gasteiger partial charge >= 0.3 is 12.3 Å². The van der Waals surface area contributed by atoms with Gasteiger partial charge in [-0.25, -0.2) is 4.79 Å². The van der Waals surface area contributed by atoms with Crippen molar-refractivity contribution in [2.24, 2.45) is 0 Å². The Labute approximate surface area is 139 Å². The van der Waals surface area contributed by atoms with E-state index in [9.17, 15) is 23.1 Å². The van der Waals surface area contributed by atoms with Crippen molar-refractivity contribution in [1.29, 1.82) is 0 Å². The molecule has 130 valence electrons. The molecular formula is C17H12F3NO4. The summed E-state index contributed by atoms with van der Waals surface area (Å²) in [6, 6.07) is 9.40. The number of carbonyl (C=O) groups is 1. The second-order valence-corrected chi connectivity index (χ2v) is 5.42. The van der Waals surface area contributed by atoms with Crippen LogP contribution in [-0.4, -0.2) is 23.4 Å². The van der Waals surface area contributed by atoms with Gasteiger partial charge < -0.3 is 14.6 Å². The monoisotopic (exact) mass is 351 g/mol. The van der Waals surface area contributed by atoms with Crippen LogP contribution in [0.1, 0.15) is 5.56 Å². The third-order valence-electron chi connectivity index (χ3n) is 3.71. The zero-order valence-electron chi connectivity index (χ0n) is 12.8. The number of phenolic OH excluding ortho intramolecular Hbond substituents is 1. The topological polar surface area (TPSA) is 73.9 Å². The summed E-state index contributed by atoms with van der Waals surface area (Å²) in [5.41, 5.74) is -0.851. The molecule has 3 aromatic rings. The predicted molar refractivity (Wildman–Crippen MR) is 84.7 cm³/mol. The molecule has 3 rings (SSSR count). The summed E-state index contributed by atoms with van der Waals surface area (Å²) in [6.07, 6.45) is -6.05. The number of hydrogen-bond acceptors (Lipinski definition) is 3. The molecule has 0 saturated heterocycles. The van der Waals surface area contributed by atoms with E-state index in [1.807, 2.05) is 0 Å². The molecule has 5 nitrogen and oxygen atoms in total. The highest BCUT2D eigenvalue weighted by atomic mass is 19.4. The molecular weight excluding hydrogens is 339 g/mol. The first-order valence-electron chi connectivity index (χ1n) is 7.07. The van der Waals surface area contributed by atoms with Crippen LogP contribution in [0.15, 0.2) is 46.9 Å². The van der Waals surface area contributed by atoms with Gasteiger partial charge in [-0.15, -0.1) is 0 Å². The number of anilines is 1. The van der Waals surface area contributed by atoms with Gasteiger partial charge in [-0.3, -0.25) is 4.90 Å². The molecule has 1 amide bonds. The summed E-state index contributed by atoms with van der Waals surface area (Å²) in [6.45, 7) is 0. The van der Waals surface area contributed by atoms with Gasteiger partial charge in [0.15, 0.2) is 0 Å². The average Bonchev–Trinajstić information content (AvgIpc) is 2.95. The number of fused-ring (bicyclic) bond motifs is 1. The number of aromatic hydroxyl groups is 1. The maximum Gasteiger partial charge on any atom is 0.420 e. The molecule has 1 heterocycles. The van der Waals surface area contributed by atoms with Gasteiger partial charge in [0.2, 0.25) is 5.88 Å². The Morgan fingerprint density at radius 3 is 2.44 bits per heavy atom. The molecule has 0 bridgehead atoms. The van der Waals surface area contributed by atoms with Crippen LogP contribution in [0.25, 0.3) is 22.1 Å². The van der Waals surface area contributed by atoms with E-state index in [-0.39, 0.29) is 22.6 Å². The number of alkyl halides is 3. The lowest BCUT2D eigenvalue weighted by atomic mass is 10.00. The molecule has 1 aromatic heterocycles. The Kier molecular flexibility index (Phi) is 3.82. The Morgan fingerprint density at radius 2 is 1.84 bits per heavy atom. The van der Waals surface area contributed by atoms with Crippen molar-refractivity contribution in [3.63, 3.8) is 0 Å². The molecule has 8 heteroatoms. The number of rotatable bonds is 2. The molecule has 25 heavy (non-hydrogen) atoms. The minimum atomic E-state index is -4.69. The van der Waals surface area contributed by atoms with E-state index in [0.29, 0.717) is 10.5 Å². The highest BCUT2D eigenvalue weighted by molar-refractivity contribution is 5.93. The van der Waals surface area contributed by atoms with Crippen LogP contribution >= 0.6 is 0 Å². The zero-order valence-corrected chi connectivity index (χ0v) is 12.8. The molecule has 0 atom stereocenters. The quantitative estimate of drug-likeness (QED) is 0.686. The SMILES string of the molecule is CN(C(=O)O)c1cc2cc(-c3cccc(O)c3)cc(C(F)(F)F)c2o1. The maximum atomic E-state index is 13.4. The summed E-state index contributed by atoms with van der Waals surface area (Å²) in [5, 5.41) is 18.6. The van der Waals surface area contributed by atoms with Crippen LogP contribution in [0.4, 0.5) is 23.8 Å².